The zero-order valence-electron chi connectivity index (χ0n) is 21.4. The first-order valence-electron chi connectivity index (χ1n) is 12.4. The molecular formula is C30H37NO4. The third kappa shape index (κ3) is 5.07. The molecule has 0 bridgehead atoms. The van der Waals surface area contributed by atoms with E-state index in [4.69, 9.17) is 5.11 Å². The van der Waals surface area contributed by atoms with Crippen LogP contribution in [0.25, 0.3) is 11.6 Å². The molecule has 0 amide bonds. The second kappa shape index (κ2) is 9.29. The lowest BCUT2D eigenvalue weighted by Gasteiger charge is -2.44. The summed E-state index contributed by atoms with van der Waals surface area (Å²) >= 11 is 0. The fraction of sp³-hybridized carbons (Fsp3) is 0.433. The molecule has 186 valence electrons. The molecule has 0 saturated heterocycles. The van der Waals surface area contributed by atoms with E-state index in [1.54, 1.807) is 18.2 Å². The summed E-state index contributed by atoms with van der Waals surface area (Å²) < 4.78 is 0. The van der Waals surface area contributed by atoms with Crippen molar-refractivity contribution in [3.63, 3.8) is 0 Å². The minimum atomic E-state index is -1.17. The summed E-state index contributed by atoms with van der Waals surface area (Å²) in [4.78, 5) is 13.5. The fourth-order valence-electron chi connectivity index (χ4n) is 5.40. The summed E-state index contributed by atoms with van der Waals surface area (Å²) in [6, 6.07) is 8.74. The van der Waals surface area contributed by atoms with Crippen LogP contribution in [0.4, 0.5) is 0 Å². The summed E-state index contributed by atoms with van der Waals surface area (Å²) in [5.41, 5.74) is 6.78. The average Bonchev–Trinajstić information content (AvgIpc) is 2.80. The van der Waals surface area contributed by atoms with Crippen LogP contribution in [-0.4, -0.2) is 46.3 Å². The number of carboxylic acids is 1. The Hall–Kier alpha value is -2.89. The summed E-state index contributed by atoms with van der Waals surface area (Å²) in [5.74, 6) is -1.46. The molecule has 1 atom stereocenters. The Kier molecular flexibility index (Phi) is 6.69. The van der Waals surface area contributed by atoms with Crippen LogP contribution in [0, 0.1) is 0 Å². The molecule has 0 fully saturated rings. The monoisotopic (exact) mass is 475 g/mol. The van der Waals surface area contributed by atoms with Gasteiger partial charge in [0.05, 0.1) is 6.10 Å². The van der Waals surface area contributed by atoms with Gasteiger partial charge in [0.2, 0.25) is 0 Å². The number of aromatic carboxylic acids is 1. The van der Waals surface area contributed by atoms with Gasteiger partial charge in [0, 0.05) is 13.1 Å². The van der Waals surface area contributed by atoms with Crippen LogP contribution in [0.15, 0.2) is 42.5 Å². The van der Waals surface area contributed by atoms with E-state index < -0.39 is 12.1 Å². The molecule has 1 heterocycles. The van der Waals surface area contributed by atoms with Crippen molar-refractivity contribution >= 4 is 17.6 Å². The summed E-state index contributed by atoms with van der Waals surface area (Å²) in [7, 11) is 2.14. The quantitative estimate of drug-likeness (QED) is 0.501. The highest BCUT2D eigenvalue weighted by molar-refractivity contribution is 5.91. The van der Waals surface area contributed by atoms with Crippen LogP contribution in [0.2, 0.25) is 0 Å². The Labute approximate surface area is 208 Å². The maximum atomic E-state index is 11.2. The number of nitrogens with zero attached hydrogens (tertiary/aromatic N) is 1. The van der Waals surface area contributed by atoms with Crippen molar-refractivity contribution in [3.05, 3.63) is 75.9 Å². The number of benzene rings is 2. The number of rotatable bonds is 5. The normalized spacial score (nSPS) is 20.3. The van der Waals surface area contributed by atoms with Crippen LogP contribution in [-0.2, 0) is 10.8 Å². The lowest BCUT2D eigenvalue weighted by atomic mass is 9.61. The van der Waals surface area contributed by atoms with Gasteiger partial charge in [-0.25, -0.2) is 4.79 Å². The first-order chi connectivity index (χ1) is 16.4. The molecule has 1 aliphatic carbocycles. The smallest absolute Gasteiger partial charge is 0.339 e. The van der Waals surface area contributed by atoms with Gasteiger partial charge in [0.15, 0.2) is 0 Å². The highest BCUT2D eigenvalue weighted by Crippen LogP contribution is 2.49. The van der Waals surface area contributed by atoms with E-state index in [9.17, 15) is 15.0 Å². The molecule has 5 nitrogen and oxygen atoms in total. The number of fused-ring (bicyclic) bond motifs is 1. The van der Waals surface area contributed by atoms with Crippen molar-refractivity contribution < 1.29 is 20.1 Å². The summed E-state index contributed by atoms with van der Waals surface area (Å²) in [6.07, 6.45) is 8.14. The number of aliphatic hydroxyl groups excluding tert-OH is 1. The second-order valence-electron chi connectivity index (χ2n) is 11.4. The second-order valence-corrected chi connectivity index (χ2v) is 11.4. The van der Waals surface area contributed by atoms with Gasteiger partial charge in [-0.05, 0) is 88.7 Å². The number of likely N-dealkylation sites (N-methyl/N-ethyl adjacent to an activating group) is 1. The number of carbonyl (C=O) groups is 1. The van der Waals surface area contributed by atoms with Crippen molar-refractivity contribution in [1.29, 1.82) is 0 Å². The van der Waals surface area contributed by atoms with E-state index in [0.29, 0.717) is 5.56 Å². The average molecular weight is 476 g/mol. The molecule has 0 spiro atoms. The number of aromatic hydroxyl groups is 1. The molecule has 2 aliphatic rings. The van der Waals surface area contributed by atoms with Gasteiger partial charge in [-0.1, -0.05) is 58.1 Å². The zero-order valence-corrected chi connectivity index (χ0v) is 21.4. The molecule has 5 heteroatoms. The third-order valence-electron chi connectivity index (χ3n) is 7.76. The molecule has 3 N–H and O–H groups in total. The van der Waals surface area contributed by atoms with Gasteiger partial charge in [0.25, 0.3) is 0 Å². The number of carboxylic acid groups (broad SMARTS) is 1. The Bertz CT molecular complexity index is 1210. The lowest BCUT2D eigenvalue weighted by Crippen LogP contribution is -2.35. The number of aliphatic hydroxyl groups is 1. The van der Waals surface area contributed by atoms with Crippen molar-refractivity contribution in [1.82, 2.24) is 4.90 Å². The minimum absolute atomic E-state index is 0.0174. The first kappa shape index (κ1) is 25.2. The summed E-state index contributed by atoms with van der Waals surface area (Å²) in [6.45, 7) is 11.2. The molecule has 0 saturated carbocycles. The molecule has 2 aromatic carbocycles. The largest absolute Gasteiger partial charge is 0.507 e. The Balaban J connectivity index is 1.77. The first-order valence-corrected chi connectivity index (χ1v) is 12.4. The Morgan fingerprint density at radius 1 is 1.09 bits per heavy atom. The van der Waals surface area contributed by atoms with Crippen molar-refractivity contribution in [2.45, 2.75) is 63.9 Å². The maximum absolute atomic E-state index is 11.2. The zero-order chi connectivity index (χ0) is 25.5. The standard InChI is InChI=1S/C30H37NO4/c1-29(2)12-13-30(3,4)27-23(20-10-14-31(5)15-11-20)17-21(18-24(27)29)25(32)9-7-19-6-8-22(28(34)35)26(33)16-19/h6-10,16-18,25,32-33H,11-15H2,1-5H3,(H,34,35). The SMILES string of the molecule is CN1CC=C(c2cc(C(O)C=Cc3ccc(C(=O)O)c(O)c3)cc3c2C(C)(C)CCC3(C)C)CC1. The van der Waals surface area contributed by atoms with Gasteiger partial charge in [-0.3, -0.25) is 0 Å². The van der Waals surface area contributed by atoms with Crippen LogP contribution in [0.1, 0.15) is 91.2 Å². The van der Waals surface area contributed by atoms with Crippen molar-refractivity contribution in [2.24, 2.45) is 0 Å². The third-order valence-corrected chi connectivity index (χ3v) is 7.76. The predicted molar refractivity (Wildman–Crippen MR) is 141 cm³/mol. The fourth-order valence-corrected chi connectivity index (χ4v) is 5.40. The molecule has 35 heavy (non-hydrogen) atoms. The van der Waals surface area contributed by atoms with E-state index >= 15 is 0 Å². The van der Waals surface area contributed by atoms with Gasteiger partial charge in [-0.2, -0.15) is 0 Å². The topological polar surface area (TPSA) is 81.0 Å². The molecule has 2 aromatic rings. The number of phenols is 1. The molecular weight excluding hydrogens is 438 g/mol. The maximum Gasteiger partial charge on any atom is 0.339 e. The Morgan fingerprint density at radius 3 is 2.43 bits per heavy atom. The van der Waals surface area contributed by atoms with Gasteiger partial charge < -0.3 is 20.2 Å². The van der Waals surface area contributed by atoms with E-state index in [-0.39, 0.29) is 22.1 Å². The van der Waals surface area contributed by atoms with Crippen LogP contribution in [0.5, 0.6) is 5.75 Å². The lowest BCUT2D eigenvalue weighted by molar-refractivity contribution is 0.0693. The molecule has 1 unspecified atom stereocenters. The van der Waals surface area contributed by atoms with Crippen LogP contribution >= 0.6 is 0 Å². The number of hydrogen-bond acceptors (Lipinski definition) is 4. The molecule has 4 rings (SSSR count). The van der Waals surface area contributed by atoms with E-state index in [1.807, 2.05) is 0 Å². The molecule has 1 aliphatic heterocycles. The highest BCUT2D eigenvalue weighted by atomic mass is 16.4. The van der Waals surface area contributed by atoms with Gasteiger partial charge in [0.1, 0.15) is 11.3 Å². The van der Waals surface area contributed by atoms with Crippen LogP contribution in [0.3, 0.4) is 0 Å². The predicted octanol–water partition coefficient (Wildman–Crippen LogP) is 5.91. The van der Waals surface area contributed by atoms with E-state index in [0.717, 1.165) is 37.9 Å². The van der Waals surface area contributed by atoms with Crippen molar-refractivity contribution in [2.75, 3.05) is 20.1 Å². The highest BCUT2D eigenvalue weighted by Gasteiger charge is 2.39. The number of hydrogen-bond donors (Lipinski definition) is 3. The minimum Gasteiger partial charge on any atom is -0.507 e. The van der Waals surface area contributed by atoms with E-state index in [2.05, 4.69) is 57.9 Å². The summed E-state index contributed by atoms with van der Waals surface area (Å²) in [5, 5.41) is 30.3. The van der Waals surface area contributed by atoms with Crippen molar-refractivity contribution in [3.8, 4) is 5.75 Å². The van der Waals surface area contributed by atoms with E-state index in [1.165, 1.54) is 34.4 Å². The van der Waals surface area contributed by atoms with Gasteiger partial charge >= 0.3 is 5.97 Å². The van der Waals surface area contributed by atoms with Gasteiger partial charge in [-0.15, -0.1) is 0 Å². The molecule has 0 radical (unpaired) electrons. The van der Waals surface area contributed by atoms with Crippen LogP contribution < -0.4 is 0 Å². The molecule has 0 aromatic heterocycles. The Morgan fingerprint density at radius 2 is 1.80 bits per heavy atom.